The normalized spacial score (nSPS) is 12.4. The third kappa shape index (κ3) is 4.15. The van der Waals surface area contributed by atoms with E-state index in [0.29, 0.717) is 5.56 Å². The molecule has 0 aliphatic carbocycles. The van der Waals surface area contributed by atoms with Crippen LogP contribution in [-0.4, -0.2) is 27.9 Å². The highest BCUT2D eigenvalue weighted by Gasteiger charge is 2.32. The van der Waals surface area contributed by atoms with Crippen LogP contribution in [0.4, 0.5) is 13.2 Å². The Hall–Kier alpha value is -1.86. The summed E-state index contributed by atoms with van der Waals surface area (Å²) in [6.45, 7) is 1.81. The smallest absolute Gasteiger partial charge is 0.384 e. The van der Waals surface area contributed by atoms with Gasteiger partial charge < -0.3 is 4.74 Å². The largest absolute Gasteiger partial charge is 0.416 e. The highest BCUT2D eigenvalue weighted by molar-refractivity contribution is 7.91. The Morgan fingerprint density at radius 2 is 1.67 bits per heavy atom. The summed E-state index contributed by atoms with van der Waals surface area (Å²) >= 11 is 0. The molecule has 2 rings (SSSR count). The van der Waals surface area contributed by atoms with E-state index in [1.54, 1.807) is 24.3 Å². The second-order valence-electron chi connectivity index (χ2n) is 5.39. The van der Waals surface area contributed by atoms with Crippen molar-refractivity contribution in [2.24, 2.45) is 0 Å². The number of hydrogen-bond acceptors (Lipinski definition) is 3. The summed E-state index contributed by atoms with van der Waals surface area (Å²) in [6, 6.07) is 9.35. The topological polar surface area (TPSA) is 43.4 Å². The maximum atomic E-state index is 13.0. The molecule has 0 atom stereocenters. The van der Waals surface area contributed by atoms with Crippen molar-refractivity contribution in [1.82, 2.24) is 0 Å². The van der Waals surface area contributed by atoms with Crippen LogP contribution in [0.3, 0.4) is 0 Å². The van der Waals surface area contributed by atoms with E-state index >= 15 is 0 Å². The minimum absolute atomic E-state index is 0.0311. The van der Waals surface area contributed by atoms with Crippen molar-refractivity contribution < 1.29 is 26.3 Å². The molecule has 0 aromatic heterocycles. The van der Waals surface area contributed by atoms with Crippen LogP contribution < -0.4 is 0 Å². The summed E-state index contributed by atoms with van der Waals surface area (Å²) < 4.78 is 68.7. The predicted octanol–water partition coefficient (Wildman–Crippen LogP) is 4.10. The van der Waals surface area contributed by atoms with Crippen LogP contribution in [0.15, 0.2) is 47.4 Å². The average Bonchev–Trinajstić information content (AvgIpc) is 2.52. The molecular weight excluding hydrogens is 341 g/mol. The molecule has 130 valence electrons. The molecule has 0 radical (unpaired) electrons. The lowest BCUT2D eigenvalue weighted by Gasteiger charge is -2.14. The van der Waals surface area contributed by atoms with Crippen molar-refractivity contribution in [3.05, 3.63) is 53.6 Å². The monoisotopic (exact) mass is 358 g/mol. The van der Waals surface area contributed by atoms with E-state index in [1.807, 2.05) is 6.92 Å². The maximum absolute atomic E-state index is 13.0. The van der Waals surface area contributed by atoms with Crippen molar-refractivity contribution >= 4 is 9.84 Å². The molecule has 0 fully saturated rings. The van der Waals surface area contributed by atoms with Crippen LogP contribution in [0.25, 0.3) is 11.1 Å². The number of aryl methyl sites for hydroxylation is 1. The highest BCUT2D eigenvalue weighted by Crippen LogP contribution is 2.36. The molecule has 0 saturated carbocycles. The van der Waals surface area contributed by atoms with Crippen LogP contribution in [-0.2, 0) is 20.8 Å². The van der Waals surface area contributed by atoms with E-state index in [2.05, 4.69) is 0 Å². The van der Waals surface area contributed by atoms with Gasteiger partial charge >= 0.3 is 6.18 Å². The number of ether oxygens (including phenoxy) is 1. The van der Waals surface area contributed by atoms with Gasteiger partial charge in [0.25, 0.3) is 0 Å². The molecule has 0 aliphatic rings. The molecule has 0 heterocycles. The van der Waals surface area contributed by atoms with Crippen molar-refractivity contribution in [2.75, 3.05) is 19.5 Å². The fourth-order valence-electron chi connectivity index (χ4n) is 2.24. The molecule has 2 aromatic rings. The molecule has 0 saturated heterocycles. The lowest BCUT2D eigenvalue weighted by atomic mass is 10.0. The van der Waals surface area contributed by atoms with Crippen LogP contribution in [0, 0.1) is 6.92 Å². The molecule has 3 nitrogen and oxygen atoms in total. The van der Waals surface area contributed by atoms with Gasteiger partial charge in [-0.25, -0.2) is 8.42 Å². The van der Waals surface area contributed by atoms with E-state index < -0.39 is 21.6 Å². The van der Waals surface area contributed by atoms with E-state index in [9.17, 15) is 21.6 Å². The SMILES string of the molecule is COCCS(=O)(=O)c1ccc(C(F)(F)F)cc1-c1ccc(C)cc1. The first-order valence-corrected chi connectivity index (χ1v) is 8.80. The van der Waals surface area contributed by atoms with Crippen molar-refractivity contribution in [3.63, 3.8) is 0 Å². The molecule has 7 heteroatoms. The van der Waals surface area contributed by atoms with Crippen molar-refractivity contribution in [3.8, 4) is 11.1 Å². The second-order valence-corrected chi connectivity index (χ2v) is 7.46. The van der Waals surface area contributed by atoms with E-state index in [1.165, 1.54) is 7.11 Å². The number of sulfone groups is 1. The summed E-state index contributed by atoms with van der Waals surface area (Å²) in [4.78, 5) is -0.128. The quantitative estimate of drug-likeness (QED) is 0.808. The molecular formula is C17H17F3O3S. The van der Waals surface area contributed by atoms with Gasteiger partial charge in [0.05, 0.1) is 22.8 Å². The first-order valence-electron chi connectivity index (χ1n) is 7.15. The molecule has 0 N–H and O–H groups in total. The second kappa shape index (κ2) is 6.94. The third-order valence-electron chi connectivity index (χ3n) is 3.56. The van der Waals surface area contributed by atoms with Gasteiger partial charge in [-0.3, -0.25) is 0 Å². The molecule has 24 heavy (non-hydrogen) atoms. The fraction of sp³-hybridized carbons (Fsp3) is 0.294. The molecule has 0 bridgehead atoms. The minimum atomic E-state index is -4.55. The Labute approximate surface area is 139 Å². The van der Waals surface area contributed by atoms with Gasteiger partial charge in [0.1, 0.15) is 0 Å². The van der Waals surface area contributed by atoms with Crippen LogP contribution in [0.1, 0.15) is 11.1 Å². The maximum Gasteiger partial charge on any atom is 0.416 e. The van der Waals surface area contributed by atoms with E-state index in [0.717, 1.165) is 23.8 Å². The fourth-order valence-corrected chi connectivity index (χ4v) is 3.63. The zero-order valence-corrected chi connectivity index (χ0v) is 14.0. The Kier molecular flexibility index (Phi) is 5.35. The molecule has 0 spiro atoms. The van der Waals surface area contributed by atoms with Crippen LogP contribution >= 0.6 is 0 Å². The summed E-state index contributed by atoms with van der Waals surface area (Å²) in [6.07, 6.45) is -4.55. The number of hydrogen-bond donors (Lipinski definition) is 0. The zero-order valence-electron chi connectivity index (χ0n) is 13.2. The van der Waals surface area contributed by atoms with E-state index in [4.69, 9.17) is 4.74 Å². The summed E-state index contributed by atoms with van der Waals surface area (Å²) in [5.41, 5.74) is 0.502. The zero-order chi connectivity index (χ0) is 18.0. The first kappa shape index (κ1) is 18.5. The van der Waals surface area contributed by atoms with Gasteiger partial charge in [0, 0.05) is 12.7 Å². The first-order chi connectivity index (χ1) is 11.1. The standard InChI is InChI=1S/C17H17F3O3S/c1-12-3-5-13(6-4-12)15-11-14(17(18,19)20)7-8-16(15)24(21,22)10-9-23-2/h3-8,11H,9-10H2,1-2H3. The number of alkyl halides is 3. The molecule has 2 aromatic carbocycles. The Bertz CT molecular complexity index is 810. The predicted molar refractivity (Wildman–Crippen MR) is 85.5 cm³/mol. The lowest BCUT2D eigenvalue weighted by molar-refractivity contribution is -0.137. The van der Waals surface area contributed by atoms with E-state index in [-0.39, 0.29) is 22.8 Å². The van der Waals surface area contributed by atoms with Crippen LogP contribution in [0.5, 0.6) is 0 Å². The van der Waals surface area contributed by atoms with Gasteiger partial charge in [0.15, 0.2) is 9.84 Å². The van der Waals surface area contributed by atoms with Crippen molar-refractivity contribution in [2.45, 2.75) is 18.0 Å². The minimum Gasteiger partial charge on any atom is -0.384 e. The molecule has 0 amide bonds. The molecule has 0 aliphatic heterocycles. The number of halogens is 3. The summed E-state index contributed by atoms with van der Waals surface area (Å²) in [5.74, 6) is -0.298. The van der Waals surface area contributed by atoms with Crippen LogP contribution in [0.2, 0.25) is 0 Å². The Morgan fingerprint density at radius 1 is 1.04 bits per heavy atom. The van der Waals surface area contributed by atoms with Crippen molar-refractivity contribution in [1.29, 1.82) is 0 Å². The number of methoxy groups -OCH3 is 1. The lowest BCUT2D eigenvalue weighted by Crippen LogP contribution is -2.14. The third-order valence-corrected chi connectivity index (χ3v) is 5.29. The summed E-state index contributed by atoms with van der Waals surface area (Å²) in [5, 5.41) is 0. The molecule has 0 unspecified atom stereocenters. The van der Waals surface area contributed by atoms with Gasteiger partial charge in [-0.15, -0.1) is 0 Å². The average molecular weight is 358 g/mol. The van der Waals surface area contributed by atoms with Gasteiger partial charge in [-0.1, -0.05) is 29.8 Å². The van der Waals surface area contributed by atoms with Gasteiger partial charge in [-0.2, -0.15) is 13.2 Å². The van der Waals surface area contributed by atoms with Gasteiger partial charge in [-0.05, 0) is 30.7 Å². The number of benzene rings is 2. The Balaban J connectivity index is 2.64. The Morgan fingerprint density at radius 3 is 2.21 bits per heavy atom. The summed E-state index contributed by atoms with van der Waals surface area (Å²) in [7, 11) is -2.40. The number of rotatable bonds is 5. The highest BCUT2D eigenvalue weighted by atomic mass is 32.2. The van der Waals surface area contributed by atoms with Gasteiger partial charge in [0.2, 0.25) is 0 Å².